The average Bonchev–Trinajstić information content (AvgIpc) is 3.12. The molecule has 8 heteroatoms. The maximum atomic E-state index is 12.8. The minimum absolute atomic E-state index is 0.0296. The second-order valence-electron chi connectivity index (χ2n) is 6.24. The highest BCUT2D eigenvalue weighted by Gasteiger charge is 2.26. The number of carbonyl (C=O) groups excluding carboxylic acids is 1. The fourth-order valence-corrected chi connectivity index (χ4v) is 3.27. The lowest BCUT2D eigenvalue weighted by molar-refractivity contribution is 0.0714. The van der Waals surface area contributed by atoms with Gasteiger partial charge in [-0.15, -0.1) is 0 Å². The Bertz CT molecular complexity index is 917. The van der Waals surface area contributed by atoms with E-state index in [4.69, 9.17) is 4.74 Å². The zero-order chi connectivity index (χ0) is 17.9. The number of fused-ring (bicyclic) bond motifs is 1. The molecule has 0 atom stereocenters. The number of amides is 1. The SMILES string of the molecule is COc1nccnc1NC1CCN(C(=O)c2n[nH]c3ccccc23)CC1. The smallest absolute Gasteiger partial charge is 0.274 e. The van der Waals surface area contributed by atoms with Gasteiger partial charge in [-0.05, 0) is 18.9 Å². The van der Waals surface area contributed by atoms with Crippen molar-refractivity contribution in [1.82, 2.24) is 25.1 Å². The van der Waals surface area contributed by atoms with Crippen LogP contribution >= 0.6 is 0 Å². The molecule has 26 heavy (non-hydrogen) atoms. The number of methoxy groups -OCH3 is 1. The minimum Gasteiger partial charge on any atom is -0.478 e. The number of likely N-dealkylation sites (tertiary alicyclic amines) is 1. The number of hydrogen-bond acceptors (Lipinski definition) is 6. The molecule has 0 aliphatic carbocycles. The molecule has 1 fully saturated rings. The number of nitrogens with zero attached hydrogens (tertiary/aromatic N) is 4. The van der Waals surface area contributed by atoms with Gasteiger partial charge in [0.15, 0.2) is 11.5 Å². The summed E-state index contributed by atoms with van der Waals surface area (Å²) in [6.07, 6.45) is 4.88. The van der Waals surface area contributed by atoms with Crippen molar-refractivity contribution in [3.05, 3.63) is 42.4 Å². The summed E-state index contributed by atoms with van der Waals surface area (Å²) in [7, 11) is 1.57. The zero-order valence-electron chi connectivity index (χ0n) is 14.5. The Kier molecular flexibility index (Phi) is 4.39. The van der Waals surface area contributed by atoms with E-state index in [9.17, 15) is 4.79 Å². The molecule has 134 valence electrons. The van der Waals surface area contributed by atoms with Gasteiger partial charge in [-0.1, -0.05) is 18.2 Å². The van der Waals surface area contributed by atoms with Crippen molar-refractivity contribution in [3.8, 4) is 5.88 Å². The van der Waals surface area contributed by atoms with E-state index in [2.05, 4.69) is 25.5 Å². The summed E-state index contributed by atoms with van der Waals surface area (Å²) in [6, 6.07) is 7.90. The van der Waals surface area contributed by atoms with Crippen LogP contribution in [0.25, 0.3) is 10.9 Å². The van der Waals surface area contributed by atoms with Crippen LogP contribution in [0.2, 0.25) is 0 Å². The normalized spacial score (nSPS) is 15.2. The van der Waals surface area contributed by atoms with Crippen molar-refractivity contribution in [1.29, 1.82) is 0 Å². The third kappa shape index (κ3) is 3.05. The van der Waals surface area contributed by atoms with Gasteiger partial charge in [0, 0.05) is 36.9 Å². The molecule has 0 saturated carbocycles. The zero-order valence-corrected chi connectivity index (χ0v) is 14.5. The van der Waals surface area contributed by atoms with Crippen molar-refractivity contribution < 1.29 is 9.53 Å². The number of para-hydroxylation sites is 1. The number of nitrogens with one attached hydrogen (secondary N) is 2. The van der Waals surface area contributed by atoms with E-state index in [0.717, 1.165) is 23.7 Å². The third-order valence-electron chi connectivity index (χ3n) is 4.65. The van der Waals surface area contributed by atoms with Gasteiger partial charge in [0.2, 0.25) is 0 Å². The van der Waals surface area contributed by atoms with E-state index < -0.39 is 0 Å². The maximum Gasteiger partial charge on any atom is 0.274 e. The lowest BCUT2D eigenvalue weighted by Crippen LogP contribution is -2.42. The van der Waals surface area contributed by atoms with Gasteiger partial charge in [-0.25, -0.2) is 9.97 Å². The number of H-pyrrole nitrogens is 1. The maximum absolute atomic E-state index is 12.8. The highest BCUT2D eigenvalue weighted by molar-refractivity contribution is 6.04. The molecule has 0 bridgehead atoms. The molecule has 0 radical (unpaired) electrons. The first kappa shape index (κ1) is 16.3. The van der Waals surface area contributed by atoms with Crippen molar-refractivity contribution in [3.63, 3.8) is 0 Å². The molecule has 1 saturated heterocycles. The third-order valence-corrected chi connectivity index (χ3v) is 4.65. The van der Waals surface area contributed by atoms with Crippen molar-refractivity contribution in [2.75, 3.05) is 25.5 Å². The molecule has 1 aromatic carbocycles. The molecule has 4 rings (SSSR count). The van der Waals surface area contributed by atoms with Gasteiger partial charge in [-0.2, -0.15) is 5.10 Å². The molecular weight excluding hydrogens is 332 g/mol. The highest BCUT2D eigenvalue weighted by atomic mass is 16.5. The second-order valence-corrected chi connectivity index (χ2v) is 6.24. The number of hydrogen-bond donors (Lipinski definition) is 2. The monoisotopic (exact) mass is 352 g/mol. The first-order valence-corrected chi connectivity index (χ1v) is 8.60. The van der Waals surface area contributed by atoms with Crippen molar-refractivity contribution in [2.45, 2.75) is 18.9 Å². The molecule has 1 aliphatic heterocycles. The molecule has 3 aromatic rings. The fraction of sp³-hybridized carbons (Fsp3) is 0.333. The summed E-state index contributed by atoms with van der Waals surface area (Å²) < 4.78 is 5.22. The number of rotatable bonds is 4. The van der Waals surface area contributed by atoms with Crippen molar-refractivity contribution in [2.24, 2.45) is 0 Å². The van der Waals surface area contributed by atoms with E-state index in [1.165, 1.54) is 0 Å². The largest absolute Gasteiger partial charge is 0.478 e. The number of carbonyl (C=O) groups is 1. The topological polar surface area (TPSA) is 96.0 Å². The number of piperidine rings is 1. The van der Waals surface area contributed by atoms with Crippen LogP contribution in [-0.4, -0.2) is 57.2 Å². The van der Waals surface area contributed by atoms with E-state index in [-0.39, 0.29) is 11.9 Å². The van der Waals surface area contributed by atoms with Gasteiger partial charge in [-0.3, -0.25) is 9.89 Å². The first-order valence-electron chi connectivity index (χ1n) is 8.60. The summed E-state index contributed by atoms with van der Waals surface area (Å²) in [5, 5.41) is 11.4. The Morgan fingerprint density at radius 2 is 2.00 bits per heavy atom. The van der Waals surface area contributed by atoms with Crippen LogP contribution in [0.4, 0.5) is 5.82 Å². The minimum atomic E-state index is -0.0296. The molecule has 1 aliphatic rings. The predicted molar refractivity (Wildman–Crippen MR) is 97.2 cm³/mol. The summed E-state index contributed by atoms with van der Waals surface area (Å²) in [5.41, 5.74) is 1.37. The Morgan fingerprint density at radius 3 is 2.81 bits per heavy atom. The molecule has 8 nitrogen and oxygen atoms in total. The molecular formula is C18H20N6O2. The second kappa shape index (κ2) is 6.99. The van der Waals surface area contributed by atoms with Gasteiger partial charge in [0.25, 0.3) is 11.8 Å². The fourth-order valence-electron chi connectivity index (χ4n) is 3.27. The average molecular weight is 352 g/mol. The van der Waals surface area contributed by atoms with Crippen LogP contribution in [0.15, 0.2) is 36.7 Å². The lowest BCUT2D eigenvalue weighted by Gasteiger charge is -2.32. The van der Waals surface area contributed by atoms with Crippen LogP contribution in [-0.2, 0) is 0 Å². The number of aromatic nitrogens is 4. The lowest BCUT2D eigenvalue weighted by atomic mass is 10.0. The molecule has 0 unspecified atom stereocenters. The van der Waals surface area contributed by atoms with E-state index in [1.807, 2.05) is 29.2 Å². The Balaban J connectivity index is 1.41. The Hall–Kier alpha value is -3.16. The quantitative estimate of drug-likeness (QED) is 0.746. The highest BCUT2D eigenvalue weighted by Crippen LogP contribution is 2.23. The van der Waals surface area contributed by atoms with Crippen LogP contribution in [0.3, 0.4) is 0 Å². The summed E-state index contributed by atoms with van der Waals surface area (Å²) in [4.78, 5) is 23.1. The molecule has 2 aromatic heterocycles. The van der Waals surface area contributed by atoms with Crippen LogP contribution < -0.4 is 10.1 Å². The molecule has 0 spiro atoms. The number of ether oxygens (including phenoxy) is 1. The van der Waals surface area contributed by atoms with Gasteiger partial charge in [0.05, 0.1) is 12.6 Å². The number of aromatic amines is 1. The van der Waals surface area contributed by atoms with E-state index in [0.29, 0.717) is 30.5 Å². The summed E-state index contributed by atoms with van der Waals surface area (Å²) in [6.45, 7) is 1.33. The first-order chi connectivity index (χ1) is 12.8. The molecule has 2 N–H and O–H groups in total. The Morgan fingerprint density at radius 1 is 1.23 bits per heavy atom. The van der Waals surface area contributed by atoms with Crippen LogP contribution in [0, 0.1) is 0 Å². The van der Waals surface area contributed by atoms with Crippen LogP contribution in [0.1, 0.15) is 23.3 Å². The number of anilines is 1. The van der Waals surface area contributed by atoms with Gasteiger partial charge < -0.3 is 15.0 Å². The predicted octanol–water partition coefficient (Wildman–Crippen LogP) is 2.08. The standard InChI is InChI=1S/C18H20N6O2/c1-26-17-16(19-8-9-20-17)21-12-6-10-24(11-7-12)18(25)15-13-4-2-3-5-14(13)22-23-15/h2-5,8-9,12H,6-7,10-11H2,1H3,(H,19,21)(H,22,23). The van der Waals surface area contributed by atoms with E-state index >= 15 is 0 Å². The van der Waals surface area contributed by atoms with E-state index in [1.54, 1.807) is 19.5 Å². The summed E-state index contributed by atoms with van der Waals surface area (Å²) >= 11 is 0. The Labute approximate surface area is 150 Å². The summed E-state index contributed by atoms with van der Waals surface area (Å²) in [5.74, 6) is 1.09. The number of benzene rings is 1. The van der Waals surface area contributed by atoms with Gasteiger partial charge >= 0.3 is 0 Å². The van der Waals surface area contributed by atoms with Gasteiger partial charge in [0.1, 0.15) is 0 Å². The van der Waals surface area contributed by atoms with Crippen LogP contribution in [0.5, 0.6) is 5.88 Å². The van der Waals surface area contributed by atoms with Crippen molar-refractivity contribution >= 4 is 22.6 Å². The molecule has 3 heterocycles. The molecule has 1 amide bonds.